The van der Waals surface area contributed by atoms with Gasteiger partial charge in [0.1, 0.15) is 0 Å². The molecule has 0 amide bonds. The number of hydrogen-bond donors (Lipinski definition) is 1. The second-order valence-electron chi connectivity index (χ2n) is 4.38. The van der Waals surface area contributed by atoms with Crippen molar-refractivity contribution < 1.29 is 14.0 Å². The molecule has 0 atom stereocenters. The van der Waals surface area contributed by atoms with E-state index in [1.165, 1.54) is 0 Å². The molecule has 0 spiro atoms. The van der Waals surface area contributed by atoms with Gasteiger partial charge < -0.3 is 19.7 Å². The Labute approximate surface area is 128 Å². The smallest absolute Gasteiger partial charge is 0.264 e. The highest BCUT2D eigenvalue weighted by molar-refractivity contribution is 6.30. The molecule has 0 aliphatic heterocycles. The van der Waals surface area contributed by atoms with Crippen LogP contribution in [0.3, 0.4) is 0 Å². The summed E-state index contributed by atoms with van der Waals surface area (Å²) in [6.45, 7) is 2.61. The van der Waals surface area contributed by atoms with Gasteiger partial charge in [-0.1, -0.05) is 23.7 Å². The average Bonchev–Trinajstić information content (AvgIpc) is 2.94. The zero-order chi connectivity index (χ0) is 15.2. The van der Waals surface area contributed by atoms with E-state index in [1.807, 2.05) is 13.0 Å². The lowest BCUT2D eigenvalue weighted by Crippen LogP contribution is -2.07. The number of rotatable bonds is 7. The van der Waals surface area contributed by atoms with Gasteiger partial charge in [-0.05, 0) is 19.0 Å². The summed E-state index contributed by atoms with van der Waals surface area (Å²) in [5.74, 6) is 2.23. The van der Waals surface area contributed by atoms with Crippen LogP contribution < -0.4 is 15.2 Å². The van der Waals surface area contributed by atoms with Crippen LogP contribution in [0.1, 0.15) is 24.2 Å². The first-order valence-electron chi connectivity index (χ1n) is 6.68. The lowest BCUT2D eigenvalue weighted by molar-refractivity contribution is 0.231. The number of nitrogens with two attached hydrogens (primary N) is 1. The molecule has 7 heteroatoms. The predicted molar refractivity (Wildman–Crippen MR) is 78.8 cm³/mol. The topological polar surface area (TPSA) is 83.4 Å². The molecule has 0 fully saturated rings. The van der Waals surface area contributed by atoms with Gasteiger partial charge in [0.2, 0.25) is 0 Å². The Morgan fingerprint density at radius 2 is 2.19 bits per heavy atom. The van der Waals surface area contributed by atoms with E-state index in [9.17, 15) is 0 Å². The predicted octanol–water partition coefficient (Wildman–Crippen LogP) is 2.37. The monoisotopic (exact) mass is 311 g/mol. The van der Waals surface area contributed by atoms with Crippen molar-refractivity contribution in [3.05, 3.63) is 34.4 Å². The second kappa shape index (κ2) is 7.28. The minimum atomic E-state index is 0.169. The van der Waals surface area contributed by atoms with Crippen LogP contribution in [-0.4, -0.2) is 23.8 Å². The Bertz CT molecular complexity index is 601. The normalized spacial score (nSPS) is 10.7. The lowest BCUT2D eigenvalue weighted by atomic mass is 10.1. The summed E-state index contributed by atoms with van der Waals surface area (Å²) in [5, 5.41) is 4.40. The van der Waals surface area contributed by atoms with E-state index in [0.29, 0.717) is 47.6 Å². The zero-order valence-corrected chi connectivity index (χ0v) is 12.8. The molecule has 0 radical (unpaired) electrons. The fraction of sp³-hybridized carbons (Fsp3) is 0.429. The van der Waals surface area contributed by atoms with Gasteiger partial charge in [-0.25, -0.2) is 0 Å². The molecule has 0 saturated heterocycles. The van der Waals surface area contributed by atoms with Crippen molar-refractivity contribution >= 4 is 11.6 Å². The third-order valence-electron chi connectivity index (χ3n) is 2.90. The minimum absolute atomic E-state index is 0.169. The molecule has 0 bridgehead atoms. The largest absolute Gasteiger partial charge is 0.493 e. The number of aryl methyl sites for hydroxylation is 1. The summed E-state index contributed by atoms with van der Waals surface area (Å²) in [6.07, 6.45) is 1.35. The molecule has 1 aromatic carbocycles. The molecule has 2 N–H and O–H groups in total. The Hall–Kier alpha value is -1.79. The fourth-order valence-electron chi connectivity index (χ4n) is 1.91. The Morgan fingerprint density at radius 3 is 2.81 bits per heavy atom. The maximum atomic E-state index is 6.06. The van der Waals surface area contributed by atoms with Crippen LogP contribution in [0.25, 0.3) is 0 Å². The van der Waals surface area contributed by atoms with Crippen LogP contribution in [0.15, 0.2) is 16.7 Å². The summed E-state index contributed by atoms with van der Waals surface area (Å²) in [6, 6.07) is 3.51. The molecule has 114 valence electrons. The first kappa shape index (κ1) is 15.6. The molecule has 0 unspecified atom stereocenters. The Balaban J connectivity index is 2.20. The molecule has 21 heavy (non-hydrogen) atoms. The first-order valence-corrected chi connectivity index (χ1v) is 7.06. The number of ether oxygens (including phenoxy) is 2. The van der Waals surface area contributed by atoms with Gasteiger partial charge in [-0.3, -0.25) is 0 Å². The maximum absolute atomic E-state index is 6.06. The van der Waals surface area contributed by atoms with Crippen molar-refractivity contribution in [1.29, 1.82) is 0 Å². The summed E-state index contributed by atoms with van der Waals surface area (Å²) in [4.78, 5) is 4.20. The number of nitrogens with zero attached hydrogens (tertiary/aromatic N) is 2. The van der Waals surface area contributed by atoms with Crippen LogP contribution in [0.5, 0.6) is 11.5 Å². The van der Waals surface area contributed by atoms with Gasteiger partial charge in [0.15, 0.2) is 23.9 Å². The highest BCUT2D eigenvalue weighted by atomic mass is 35.5. The summed E-state index contributed by atoms with van der Waals surface area (Å²) >= 11 is 6.06. The molecule has 6 nitrogen and oxygen atoms in total. The number of methoxy groups -OCH3 is 1. The summed E-state index contributed by atoms with van der Waals surface area (Å²) in [5.41, 5.74) is 6.51. The quantitative estimate of drug-likeness (QED) is 0.845. The third kappa shape index (κ3) is 3.86. The number of halogens is 1. The van der Waals surface area contributed by atoms with Crippen LogP contribution in [0.4, 0.5) is 0 Å². The molecule has 0 aliphatic carbocycles. The molecule has 1 heterocycles. The van der Waals surface area contributed by atoms with Crippen molar-refractivity contribution in [1.82, 2.24) is 10.1 Å². The fourth-order valence-corrected chi connectivity index (χ4v) is 2.14. The molecule has 0 aliphatic rings. The molecule has 0 saturated carbocycles. The molecule has 1 aromatic heterocycles. The Morgan fingerprint density at radius 1 is 1.38 bits per heavy atom. The van der Waals surface area contributed by atoms with E-state index < -0.39 is 0 Å². The van der Waals surface area contributed by atoms with Gasteiger partial charge >= 0.3 is 0 Å². The Kier molecular flexibility index (Phi) is 5.41. The van der Waals surface area contributed by atoms with E-state index >= 15 is 0 Å². The SMILES string of the molecule is CCc1noc(COc2c(CCN)cc(Cl)cc2OC)n1. The highest BCUT2D eigenvalue weighted by Crippen LogP contribution is 2.35. The van der Waals surface area contributed by atoms with Crippen LogP contribution in [0.2, 0.25) is 5.02 Å². The molecular formula is C14H18ClN3O3. The maximum Gasteiger partial charge on any atom is 0.264 e. The number of hydrogen-bond acceptors (Lipinski definition) is 6. The van der Waals surface area contributed by atoms with E-state index in [-0.39, 0.29) is 6.61 Å². The van der Waals surface area contributed by atoms with Crippen LogP contribution in [0, 0.1) is 0 Å². The average molecular weight is 312 g/mol. The summed E-state index contributed by atoms with van der Waals surface area (Å²) in [7, 11) is 1.56. The van der Waals surface area contributed by atoms with Gasteiger partial charge in [0.05, 0.1) is 7.11 Å². The highest BCUT2D eigenvalue weighted by Gasteiger charge is 2.14. The van der Waals surface area contributed by atoms with Gasteiger partial charge in [0, 0.05) is 23.1 Å². The van der Waals surface area contributed by atoms with Gasteiger partial charge in [-0.2, -0.15) is 4.98 Å². The lowest BCUT2D eigenvalue weighted by Gasteiger charge is -2.14. The van der Waals surface area contributed by atoms with E-state index in [4.69, 9.17) is 31.3 Å². The van der Waals surface area contributed by atoms with Crippen LogP contribution in [-0.2, 0) is 19.4 Å². The van der Waals surface area contributed by atoms with Crippen molar-refractivity contribution in [3.63, 3.8) is 0 Å². The van der Waals surface area contributed by atoms with Crippen LogP contribution >= 0.6 is 11.6 Å². The molecular weight excluding hydrogens is 294 g/mol. The van der Waals surface area contributed by atoms with Gasteiger partial charge in [0.25, 0.3) is 5.89 Å². The second-order valence-corrected chi connectivity index (χ2v) is 4.82. The third-order valence-corrected chi connectivity index (χ3v) is 3.11. The van der Waals surface area contributed by atoms with E-state index in [0.717, 1.165) is 5.56 Å². The van der Waals surface area contributed by atoms with Crippen molar-refractivity contribution in [2.45, 2.75) is 26.4 Å². The number of benzene rings is 1. The molecule has 2 rings (SSSR count). The van der Waals surface area contributed by atoms with Crippen molar-refractivity contribution in [3.8, 4) is 11.5 Å². The van der Waals surface area contributed by atoms with E-state index in [2.05, 4.69) is 10.1 Å². The number of aromatic nitrogens is 2. The standard InChI is InChI=1S/C14H18ClN3O3/c1-3-12-17-13(21-18-12)8-20-14-9(4-5-16)6-10(15)7-11(14)19-2/h6-7H,3-5,8,16H2,1-2H3. The van der Waals surface area contributed by atoms with E-state index in [1.54, 1.807) is 13.2 Å². The summed E-state index contributed by atoms with van der Waals surface area (Å²) < 4.78 is 16.2. The minimum Gasteiger partial charge on any atom is -0.493 e. The molecule has 2 aromatic rings. The first-order chi connectivity index (χ1) is 10.2. The van der Waals surface area contributed by atoms with Crippen molar-refractivity contribution in [2.24, 2.45) is 5.73 Å². The zero-order valence-electron chi connectivity index (χ0n) is 12.1. The van der Waals surface area contributed by atoms with Crippen molar-refractivity contribution in [2.75, 3.05) is 13.7 Å². The van der Waals surface area contributed by atoms with Gasteiger partial charge in [-0.15, -0.1) is 0 Å².